The molecular weight excluding hydrogens is 198 g/mol. The second-order valence-corrected chi connectivity index (χ2v) is 3.74. The maximum atomic E-state index is 9.60. The summed E-state index contributed by atoms with van der Waals surface area (Å²) in [7, 11) is 0. The Balaban J connectivity index is 3.38. The predicted octanol–water partition coefficient (Wildman–Crippen LogP) is 1.03. The summed E-state index contributed by atoms with van der Waals surface area (Å²) in [5, 5.41) is 9.60. The highest BCUT2D eigenvalue weighted by atomic mass is 32.1. The summed E-state index contributed by atoms with van der Waals surface area (Å²) in [4.78, 5) is 2.19. The van der Waals surface area contributed by atoms with Gasteiger partial charge in [-0.25, -0.2) is 0 Å². The van der Waals surface area contributed by atoms with Crippen LogP contribution in [-0.2, 0) is 4.74 Å². The Morgan fingerprint density at radius 1 is 1.36 bits per heavy atom. The lowest BCUT2D eigenvalue weighted by atomic mass is 10.3. The number of likely N-dealkylation sites (N-methyl/N-ethyl adjacent to an activating group) is 1. The van der Waals surface area contributed by atoms with E-state index in [1.54, 1.807) is 0 Å². The summed E-state index contributed by atoms with van der Waals surface area (Å²) in [5.41, 5.74) is 0. The van der Waals surface area contributed by atoms with E-state index in [-0.39, 0.29) is 6.10 Å². The second-order valence-electron chi connectivity index (χ2n) is 3.29. The molecule has 0 aliphatic rings. The van der Waals surface area contributed by atoms with Gasteiger partial charge in [-0.2, -0.15) is 12.6 Å². The highest BCUT2D eigenvalue weighted by Gasteiger charge is 2.08. The highest BCUT2D eigenvalue weighted by Crippen LogP contribution is 1.94. The molecule has 86 valence electrons. The van der Waals surface area contributed by atoms with E-state index in [0.717, 1.165) is 25.3 Å². The minimum atomic E-state index is -0.366. The van der Waals surface area contributed by atoms with Gasteiger partial charge in [0.15, 0.2) is 0 Å². The summed E-state index contributed by atoms with van der Waals surface area (Å²) in [6.45, 7) is 7.97. The number of aliphatic hydroxyl groups is 1. The summed E-state index contributed by atoms with van der Waals surface area (Å²) in [6.07, 6.45) is 0.580. The fourth-order valence-electron chi connectivity index (χ4n) is 1.22. The van der Waals surface area contributed by atoms with Crippen LogP contribution in [-0.4, -0.2) is 54.7 Å². The Hall–Kier alpha value is 0.230. The van der Waals surface area contributed by atoms with E-state index in [1.165, 1.54) is 0 Å². The van der Waals surface area contributed by atoms with E-state index < -0.39 is 0 Å². The molecule has 0 aromatic heterocycles. The van der Waals surface area contributed by atoms with E-state index in [0.29, 0.717) is 19.8 Å². The fourth-order valence-corrected chi connectivity index (χ4v) is 1.35. The first-order valence-electron chi connectivity index (χ1n) is 5.33. The predicted molar refractivity (Wildman–Crippen MR) is 63.1 cm³/mol. The maximum absolute atomic E-state index is 9.60. The van der Waals surface area contributed by atoms with Crippen LogP contribution in [0.1, 0.15) is 20.3 Å². The van der Waals surface area contributed by atoms with Crippen LogP contribution in [0.25, 0.3) is 0 Å². The van der Waals surface area contributed by atoms with Gasteiger partial charge in [0.25, 0.3) is 0 Å². The number of ether oxygens (including phenoxy) is 1. The van der Waals surface area contributed by atoms with Gasteiger partial charge in [-0.3, -0.25) is 0 Å². The van der Waals surface area contributed by atoms with Crippen molar-refractivity contribution in [1.29, 1.82) is 0 Å². The Labute approximate surface area is 92.8 Å². The van der Waals surface area contributed by atoms with E-state index in [9.17, 15) is 5.11 Å². The van der Waals surface area contributed by atoms with Gasteiger partial charge in [-0.1, -0.05) is 13.8 Å². The third-order valence-electron chi connectivity index (χ3n) is 2.12. The summed E-state index contributed by atoms with van der Waals surface area (Å²) < 4.78 is 5.30. The van der Waals surface area contributed by atoms with Gasteiger partial charge >= 0.3 is 0 Å². The number of thiol groups is 1. The number of nitrogens with zero attached hydrogens (tertiary/aromatic N) is 1. The molecule has 0 aromatic rings. The lowest BCUT2D eigenvalue weighted by molar-refractivity contribution is 0.0188. The van der Waals surface area contributed by atoms with Crippen LogP contribution < -0.4 is 0 Å². The van der Waals surface area contributed by atoms with Gasteiger partial charge < -0.3 is 14.7 Å². The monoisotopic (exact) mass is 221 g/mol. The molecule has 0 heterocycles. The second kappa shape index (κ2) is 9.77. The molecule has 0 radical (unpaired) electrons. The van der Waals surface area contributed by atoms with E-state index in [4.69, 9.17) is 4.74 Å². The lowest BCUT2D eigenvalue weighted by Crippen LogP contribution is -2.34. The molecule has 0 fully saturated rings. The molecule has 1 atom stereocenters. The van der Waals surface area contributed by atoms with Gasteiger partial charge in [0.2, 0.25) is 0 Å². The average Bonchev–Trinajstić information content (AvgIpc) is 2.21. The number of hydrogen-bond acceptors (Lipinski definition) is 4. The van der Waals surface area contributed by atoms with Crippen molar-refractivity contribution in [3.8, 4) is 0 Å². The summed E-state index contributed by atoms with van der Waals surface area (Å²) >= 11 is 4.08. The normalized spacial score (nSPS) is 13.5. The minimum absolute atomic E-state index is 0.366. The van der Waals surface area contributed by atoms with E-state index in [1.807, 2.05) is 0 Å². The van der Waals surface area contributed by atoms with Crippen LogP contribution in [0.15, 0.2) is 0 Å². The van der Waals surface area contributed by atoms with Gasteiger partial charge in [-0.05, 0) is 25.3 Å². The van der Waals surface area contributed by atoms with Crippen molar-refractivity contribution < 1.29 is 9.84 Å². The molecule has 14 heavy (non-hydrogen) atoms. The van der Waals surface area contributed by atoms with Gasteiger partial charge in [0.05, 0.1) is 12.7 Å². The largest absolute Gasteiger partial charge is 0.389 e. The Morgan fingerprint density at radius 2 is 2.00 bits per heavy atom. The molecule has 0 aliphatic carbocycles. The molecular formula is C10H23NO2S. The Morgan fingerprint density at radius 3 is 2.50 bits per heavy atom. The van der Waals surface area contributed by atoms with Crippen molar-refractivity contribution >= 4 is 12.6 Å². The fraction of sp³-hybridized carbons (Fsp3) is 1.00. The molecule has 0 aliphatic heterocycles. The Kier molecular flexibility index (Phi) is 9.93. The van der Waals surface area contributed by atoms with Crippen molar-refractivity contribution in [3.63, 3.8) is 0 Å². The SMILES string of the molecule is CCN(CC)CC(O)COCCCS. The number of rotatable bonds is 9. The average molecular weight is 221 g/mol. The van der Waals surface area contributed by atoms with E-state index >= 15 is 0 Å². The molecule has 0 saturated heterocycles. The van der Waals surface area contributed by atoms with Gasteiger partial charge in [-0.15, -0.1) is 0 Å². The van der Waals surface area contributed by atoms with Gasteiger partial charge in [0, 0.05) is 13.2 Å². The number of aliphatic hydroxyl groups excluding tert-OH is 1. The highest BCUT2D eigenvalue weighted by molar-refractivity contribution is 7.80. The van der Waals surface area contributed by atoms with Crippen molar-refractivity contribution in [2.24, 2.45) is 0 Å². The molecule has 0 saturated carbocycles. The molecule has 0 rings (SSSR count). The zero-order chi connectivity index (χ0) is 10.8. The minimum Gasteiger partial charge on any atom is -0.389 e. The van der Waals surface area contributed by atoms with Gasteiger partial charge in [0.1, 0.15) is 0 Å². The quantitative estimate of drug-likeness (QED) is 0.450. The zero-order valence-electron chi connectivity index (χ0n) is 9.28. The topological polar surface area (TPSA) is 32.7 Å². The smallest absolute Gasteiger partial charge is 0.0900 e. The van der Waals surface area contributed by atoms with Crippen molar-refractivity contribution in [2.45, 2.75) is 26.4 Å². The molecule has 0 aromatic carbocycles. The zero-order valence-corrected chi connectivity index (χ0v) is 10.2. The van der Waals surface area contributed by atoms with Crippen LogP contribution in [0.4, 0.5) is 0 Å². The first-order chi connectivity index (χ1) is 6.74. The first kappa shape index (κ1) is 14.2. The summed E-state index contributed by atoms with van der Waals surface area (Å²) in [5.74, 6) is 0.839. The molecule has 1 N–H and O–H groups in total. The van der Waals surface area contributed by atoms with Crippen LogP contribution >= 0.6 is 12.6 Å². The standard InChI is InChI=1S/C10H23NO2S/c1-3-11(4-2)8-10(12)9-13-6-5-7-14/h10,12,14H,3-9H2,1-2H3. The molecule has 4 heteroatoms. The van der Waals surface area contributed by atoms with Crippen molar-refractivity contribution in [3.05, 3.63) is 0 Å². The van der Waals surface area contributed by atoms with E-state index in [2.05, 4.69) is 31.4 Å². The maximum Gasteiger partial charge on any atom is 0.0900 e. The molecule has 3 nitrogen and oxygen atoms in total. The van der Waals surface area contributed by atoms with Crippen molar-refractivity contribution in [1.82, 2.24) is 4.90 Å². The van der Waals surface area contributed by atoms with Crippen LogP contribution in [0.5, 0.6) is 0 Å². The summed E-state index contributed by atoms with van der Waals surface area (Å²) in [6, 6.07) is 0. The molecule has 0 bridgehead atoms. The molecule has 1 unspecified atom stereocenters. The number of hydrogen-bond donors (Lipinski definition) is 2. The third-order valence-corrected chi connectivity index (χ3v) is 2.44. The molecule has 0 spiro atoms. The molecule has 0 amide bonds. The van der Waals surface area contributed by atoms with Crippen LogP contribution in [0, 0.1) is 0 Å². The van der Waals surface area contributed by atoms with Crippen LogP contribution in [0.3, 0.4) is 0 Å². The first-order valence-corrected chi connectivity index (χ1v) is 5.96. The lowest BCUT2D eigenvalue weighted by Gasteiger charge is -2.21. The van der Waals surface area contributed by atoms with Crippen molar-refractivity contribution in [2.75, 3.05) is 38.6 Å². The van der Waals surface area contributed by atoms with Crippen LogP contribution in [0.2, 0.25) is 0 Å². The Bertz CT molecular complexity index is 121. The third kappa shape index (κ3) is 7.62.